The van der Waals surface area contributed by atoms with E-state index in [1.165, 1.54) is 10.9 Å². The van der Waals surface area contributed by atoms with E-state index in [1.54, 1.807) is 14.2 Å². The number of carbonyl (C=O) groups excluding carboxylic acids is 1. The number of hydrogen-bond acceptors (Lipinski definition) is 3. The number of methoxy groups -OCH3 is 1. The first-order valence-electron chi connectivity index (χ1n) is 6.15. The maximum Gasteiger partial charge on any atom is 0.271 e. The van der Waals surface area contributed by atoms with E-state index in [0.717, 1.165) is 11.3 Å². The number of amides is 1. The van der Waals surface area contributed by atoms with E-state index in [9.17, 15) is 4.79 Å². The van der Waals surface area contributed by atoms with Gasteiger partial charge >= 0.3 is 0 Å². The molecule has 1 atom stereocenters. The highest BCUT2D eigenvalue weighted by molar-refractivity contribution is 6.33. The van der Waals surface area contributed by atoms with Gasteiger partial charge in [0.2, 0.25) is 0 Å². The predicted molar refractivity (Wildman–Crippen MR) is 77.1 cm³/mol. The second-order valence-electron chi connectivity index (χ2n) is 4.44. The first kappa shape index (κ1) is 14.4. The van der Waals surface area contributed by atoms with Crippen LogP contribution in [0.5, 0.6) is 5.75 Å². The van der Waals surface area contributed by atoms with Crippen molar-refractivity contribution in [3.63, 3.8) is 0 Å². The van der Waals surface area contributed by atoms with Crippen LogP contribution < -0.4 is 10.1 Å². The van der Waals surface area contributed by atoms with Crippen molar-refractivity contribution in [2.45, 2.75) is 13.0 Å². The molecular weight excluding hydrogens is 278 g/mol. The summed E-state index contributed by atoms with van der Waals surface area (Å²) in [6.07, 6.45) is 1.45. The minimum absolute atomic E-state index is 0.163. The summed E-state index contributed by atoms with van der Waals surface area (Å²) in [7, 11) is 3.29. The van der Waals surface area contributed by atoms with E-state index in [0.29, 0.717) is 10.7 Å². The fraction of sp³-hybridized carbons (Fsp3) is 0.286. The van der Waals surface area contributed by atoms with Gasteiger partial charge in [0, 0.05) is 7.05 Å². The Bertz CT molecular complexity index is 605. The highest BCUT2D eigenvalue weighted by atomic mass is 35.5. The van der Waals surface area contributed by atoms with Crippen molar-refractivity contribution >= 4 is 17.5 Å². The van der Waals surface area contributed by atoms with Gasteiger partial charge in [-0.15, -0.1) is 0 Å². The van der Waals surface area contributed by atoms with E-state index in [4.69, 9.17) is 16.3 Å². The van der Waals surface area contributed by atoms with Crippen LogP contribution in [0.15, 0.2) is 30.5 Å². The molecule has 1 aromatic carbocycles. The molecule has 1 N–H and O–H groups in total. The first-order chi connectivity index (χ1) is 9.52. The molecule has 0 spiro atoms. The molecule has 1 aromatic heterocycles. The lowest BCUT2D eigenvalue weighted by atomic mass is 10.1. The van der Waals surface area contributed by atoms with Gasteiger partial charge in [-0.1, -0.05) is 23.7 Å². The zero-order chi connectivity index (χ0) is 14.7. The fourth-order valence-electron chi connectivity index (χ4n) is 1.93. The molecular formula is C14H16ClN3O2. The maximum atomic E-state index is 12.2. The van der Waals surface area contributed by atoms with E-state index in [2.05, 4.69) is 10.4 Å². The summed E-state index contributed by atoms with van der Waals surface area (Å²) >= 11 is 5.95. The van der Waals surface area contributed by atoms with Crippen LogP contribution in [0, 0.1) is 0 Å². The Labute approximate surface area is 122 Å². The minimum atomic E-state index is -0.259. The topological polar surface area (TPSA) is 56.1 Å². The quantitative estimate of drug-likeness (QED) is 0.942. The van der Waals surface area contributed by atoms with Crippen LogP contribution >= 0.6 is 11.6 Å². The van der Waals surface area contributed by atoms with E-state index in [-0.39, 0.29) is 11.9 Å². The standard InChI is InChI=1S/C14H16ClN3O2/c1-9(10-5-4-6-11(7-10)20-3)17-14(19)13-12(15)8-16-18(13)2/h4-9H,1-3H3,(H,17,19). The molecule has 0 bridgehead atoms. The van der Waals surface area contributed by atoms with Gasteiger partial charge in [-0.25, -0.2) is 0 Å². The monoisotopic (exact) mass is 293 g/mol. The zero-order valence-electron chi connectivity index (χ0n) is 11.6. The van der Waals surface area contributed by atoms with Crippen LogP contribution in [-0.4, -0.2) is 22.8 Å². The molecule has 0 aliphatic rings. The number of nitrogens with one attached hydrogen (secondary N) is 1. The van der Waals surface area contributed by atoms with Crippen molar-refractivity contribution in [2.75, 3.05) is 7.11 Å². The van der Waals surface area contributed by atoms with E-state index >= 15 is 0 Å². The second-order valence-corrected chi connectivity index (χ2v) is 4.84. The Balaban J connectivity index is 2.15. The van der Waals surface area contributed by atoms with Gasteiger partial charge in [-0.05, 0) is 24.6 Å². The van der Waals surface area contributed by atoms with Crippen LogP contribution in [0.4, 0.5) is 0 Å². The van der Waals surface area contributed by atoms with Crippen LogP contribution in [0.2, 0.25) is 5.02 Å². The van der Waals surface area contributed by atoms with Crippen LogP contribution in [0.3, 0.4) is 0 Å². The lowest BCUT2D eigenvalue weighted by Gasteiger charge is -2.15. The number of aryl methyl sites for hydroxylation is 1. The molecule has 2 rings (SSSR count). The maximum absolute atomic E-state index is 12.2. The molecule has 1 heterocycles. The van der Waals surface area contributed by atoms with Crippen molar-refractivity contribution < 1.29 is 9.53 Å². The summed E-state index contributed by atoms with van der Waals surface area (Å²) in [6, 6.07) is 7.39. The predicted octanol–water partition coefficient (Wildman–Crippen LogP) is 2.57. The lowest BCUT2D eigenvalue weighted by Crippen LogP contribution is -2.28. The highest BCUT2D eigenvalue weighted by Gasteiger charge is 2.18. The summed E-state index contributed by atoms with van der Waals surface area (Å²) in [5.74, 6) is 0.493. The van der Waals surface area contributed by atoms with Crippen molar-refractivity contribution in [1.29, 1.82) is 0 Å². The summed E-state index contributed by atoms with van der Waals surface area (Å²) in [6.45, 7) is 1.90. The molecule has 0 saturated carbocycles. The third kappa shape index (κ3) is 2.93. The van der Waals surface area contributed by atoms with Crippen LogP contribution in [0.25, 0.3) is 0 Å². The van der Waals surface area contributed by atoms with Gasteiger partial charge in [-0.2, -0.15) is 5.10 Å². The smallest absolute Gasteiger partial charge is 0.271 e. The SMILES string of the molecule is COc1cccc(C(C)NC(=O)c2c(Cl)cnn2C)c1. The largest absolute Gasteiger partial charge is 0.497 e. The molecule has 0 aliphatic carbocycles. The second kappa shape index (κ2) is 5.96. The molecule has 0 saturated heterocycles. The third-order valence-corrected chi connectivity index (χ3v) is 3.33. The Kier molecular flexibility index (Phi) is 4.29. The molecule has 106 valence electrons. The summed E-state index contributed by atoms with van der Waals surface area (Å²) < 4.78 is 6.63. The van der Waals surface area contributed by atoms with Crippen molar-refractivity contribution in [3.05, 3.63) is 46.7 Å². The van der Waals surface area contributed by atoms with E-state index < -0.39 is 0 Å². The average molecular weight is 294 g/mol. The number of benzene rings is 1. The van der Waals surface area contributed by atoms with Crippen LogP contribution in [0.1, 0.15) is 29.0 Å². The fourth-order valence-corrected chi connectivity index (χ4v) is 2.18. The summed E-state index contributed by atoms with van der Waals surface area (Å²) in [5, 5.41) is 7.18. The number of hydrogen-bond donors (Lipinski definition) is 1. The van der Waals surface area contributed by atoms with E-state index in [1.807, 2.05) is 31.2 Å². The molecule has 0 aliphatic heterocycles. The Hall–Kier alpha value is -2.01. The molecule has 20 heavy (non-hydrogen) atoms. The van der Waals surface area contributed by atoms with Crippen molar-refractivity contribution in [1.82, 2.24) is 15.1 Å². The Morgan fingerprint density at radius 2 is 2.25 bits per heavy atom. The molecule has 1 unspecified atom stereocenters. The number of nitrogens with zero attached hydrogens (tertiary/aromatic N) is 2. The number of aromatic nitrogens is 2. The zero-order valence-corrected chi connectivity index (χ0v) is 12.3. The van der Waals surface area contributed by atoms with Crippen molar-refractivity contribution in [3.8, 4) is 5.75 Å². The van der Waals surface area contributed by atoms with Crippen molar-refractivity contribution in [2.24, 2.45) is 7.05 Å². The Morgan fingerprint density at radius 3 is 2.85 bits per heavy atom. The third-order valence-electron chi connectivity index (χ3n) is 3.05. The van der Waals surface area contributed by atoms with Gasteiger partial charge in [0.05, 0.1) is 24.4 Å². The summed E-state index contributed by atoms with van der Waals surface area (Å²) in [4.78, 5) is 12.2. The average Bonchev–Trinajstić information content (AvgIpc) is 2.78. The van der Waals surface area contributed by atoms with Crippen LogP contribution in [-0.2, 0) is 7.05 Å². The molecule has 1 amide bonds. The Morgan fingerprint density at radius 1 is 1.50 bits per heavy atom. The first-order valence-corrected chi connectivity index (χ1v) is 6.53. The highest BCUT2D eigenvalue weighted by Crippen LogP contribution is 2.20. The van der Waals surface area contributed by atoms with Gasteiger partial charge < -0.3 is 10.1 Å². The number of ether oxygens (including phenoxy) is 1. The normalized spacial score (nSPS) is 12.0. The molecule has 0 fully saturated rings. The van der Waals surface area contributed by atoms with Gasteiger partial charge in [0.1, 0.15) is 11.4 Å². The van der Waals surface area contributed by atoms with Gasteiger partial charge in [-0.3, -0.25) is 9.48 Å². The molecule has 2 aromatic rings. The number of rotatable bonds is 4. The summed E-state index contributed by atoms with van der Waals surface area (Å²) in [5.41, 5.74) is 1.30. The number of carbonyl (C=O) groups is 1. The lowest BCUT2D eigenvalue weighted by molar-refractivity contribution is 0.0930. The molecule has 0 radical (unpaired) electrons. The molecule has 5 nitrogen and oxygen atoms in total. The number of halogens is 1. The van der Waals surface area contributed by atoms with Gasteiger partial charge in [0.15, 0.2) is 0 Å². The molecule has 6 heteroatoms. The minimum Gasteiger partial charge on any atom is -0.497 e. The van der Waals surface area contributed by atoms with Gasteiger partial charge in [0.25, 0.3) is 5.91 Å².